The van der Waals surface area contributed by atoms with Crippen molar-refractivity contribution in [2.45, 2.75) is 70.9 Å². The molecular weight excluding hydrogens is 324 g/mol. The molecule has 1 aromatic rings. The summed E-state index contributed by atoms with van der Waals surface area (Å²) < 4.78 is 5.92. The van der Waals surface area contributed by atoms with Gasteiger partial charge in [0.2, 0.25) is 0 Å². The van der Waals surface area contributed by atoms with Crippen LogP contribution in [-0.2, 0) is 10.2 Å². The van der Waals surface area contributed by atoms with Crippen LogP contribution in [-0.4, -0.2) is 54.0 Å². The Kier molecular flexibility index (Phi) is 5.91. The average molecular weight is 359 g/mol. The van der Waals surface area contributed by atoms with Gasteiger partial charge in [-0.05, 0) is 68.8 Å². The first-order valence-electron chi connectivity index (χ1n) is 10.1. The maximum Gasteiger partial charge on any atom is 0.263 e. The maximum absolute atomic E-state index is 12.7. The zero-order valence-corrected chi connectivity index (χ0v) is 16.8. The number of hydrogen-bond donors (Lipinski definition) is 0. The summed E-state index contributed by atoms with van der Waals surface area (Å²) in [5, 5.41) is 0. The highest BCUT2D eigenvalue weighted by Gasteiger charge is 2.30. The molecule has 2 saturated heterocycles. The van der Waals surface area contributed by atoms with Gasteiger partial charge in [0.25, 0.3) is 5.91 Å². The molecule has 0 spiro atoms. The predicted molar refractivity (Wildman–Crippen MR) is 106 cm³/mol. The molecule has 1 aromatic carbocycles. The van der Waals surface area contributed by atoms with E-state index in [9.17, 15) is 4.79 Å². The van der Waals surface area contributed by atoms with Crippen LogP contribution in [0.25, 0.3) is 0 Å². The summed E-state index contributed by atoms with van der Waals surface area (Å²) in [5.41, 5.74) is 1.40. The highest BCUT2D eigenvalue weighted by molar-refractivity contribution is 5.81. The molecule has 144 valence electrons. The van der Waals surface area contributed by atoms with Crippen molar-refractivity contribution in [3.8, 4) is 5.75 Å². The average Bonchev–Trinajstić information content (AvgIpc) is 3.15. The normalized spacial score (nSPS) is 21.0. The number of carbonyl (C=O) groups excluding carboxylic acids is 1. The number of ether oxygens (including phenoxy) is 1. The molecule has 2 heterocycles. The minimum Gasteiger partial charge on any atom is -0.481 e. The first kappa shape index (κ1) is 19.2. The molecule has 3 rings (SSSR count). The Bertz CT molecular complexity index is 592. The first-order chi connectivity index (χ1) is 12.3. The number of rotatable bonds is 4. The summed E-state index contributed by atoms with van der Waals surface area (Å²) in [6.07, 6.45) is 4.42. The highest BCUT2D eigenvalue weighted by atomic mass is 16.5. The van der Waals surface area contributed by atoms with E-state index in [0.29, 0.717) is 6.04 Å². The molecule has 0 radical (unpaired) electrons. The van der Waals surface area contributed by atoms with Gasteiger partial charge in [0.1, 0.15) is 5.75 Å². The minimum absolute atomic E-state index is 0.116. The number of benzene rings is 1. The molecule has 1 atom stereocenters. The Balaban J connectivity index is 1.50. The largest absolute Gasteiger partial charge is 0.481 e. The quantitative estimate of drug-likeness (QED) is 0.820. The summed E-state index contributed by atoms with van der Waals surface area (Å²) in [4.78, 5) is 17.3. The van der Waals surface area contributed by atoms with Crippen molar-refractivity contribution in [3.05, 3.63) is 29.8 Å². The fraction of sp³-hybridized carbons (Fsp3) is 0.682. The Morgan fingerprint density at radius 2 is 1.62 bits per heavy atom. The molecule has 0 N–H and O–H groups in total. The van der Waals surface area contributed by atoms with Gasteiger partial charge in [-0.25, -0.2) is 0 Å². The van der Waals surface area contributed by atoms with Crippen molar-refractivity contribution in [3.63, 3.8) is 0 Å². The van der Waals surface area contributed by atoms with Crippen molar-refractivity contribution in [2.24, 2.45) is 0 Å². The molecule has 4 nitrogen and oxygen atoms in total. The minimum atomic E-state index is -0.432. The molecule has 26 heavy (non-hydrogen) atoms. The monoisotopic (exact) mass is 358 g/mol. The van der Waals surface area contributed by atoms with E-state index >= 15 is 0 Å². The van der Waals surface area contributed by atoms with E-state index in [4.69, 9.17) is 4.74 Å². The number of piperidine rings is 1. The first-order valence-corrected chi connectivity index (χ1v) is 10.1. The van der Waals surface area contributed by atoms with Gasteiger partial charge in [0.05, 0.1) is 0 Å². The molecule has 2 aliphatic rings. The lowest BCUT2D eigenvalue weighted by molar-refractivity contribution is -0.139. The lowest BCUT2D eigenvalue weighted by Crippen LogP contribution is -2.49. The molecular formula is C22H34N2O2. The molecule has 1 unspecified atom stereocenters. The van der Waals surface area contributed by atoms with Crippen molar-refractivity contribution in [1.29, 1.82) is 0 Å². The predicted octanol–water partition coefficient (Wildman–Crippen LogP) is 3.84. The second-order valence-corrected chi connectivity index (χ2v) is 8.83. The Morgan fingerprint density at radius 1 is 1.04 bits per heavy atom. The van der Waals surface area contributed by atoms with Crippen LogP contribution < -0.4 is 4.74 Å². The van der Waals surface area contributed by atoms with Crippen LogP contribution in [0.2, 0.25) is 0 Å². The third-order valence-electron chi connectivity index (χ3n) is 5.81. The van der Waals surface area contributed by atoms with Crippen LogP contribution in [0.5, 0.6) is 5.75 Å². The van der Waals surface area contributed by atoms with Crippen LogP contribution in [0.4, 0.5) is 0 Å². The fourth-order valence-electron chi connectivity index (χ4n) is 4.10. The van der Waals surface area contributed by atoms with Crippen LogP contribution >= 0.6 is 0 Å². The van der Waals surface area contributed by atoms with Crippen molar-refractivity contribution >= 4 is 5.91 Å². The van der Waals surface area contributed by atoms with E-state index < -0.39 is 6.10 Å². The van der Waals surface area contributed by atoms with Crippen molar-refractivity contribution < 1.29 is 9.53 Å². The van der Waals surface area contributed by atoms with E-state index in [1.807, 2.05) is 24.0 Å². The lowest BCUT2D eigenvalue weighted by atomic mass is 9.87. The fourth-order valence-corrected chi connectivity index (χ4v) is 4.10. The summed E-state index contributed by atoms with van der Waals surface area (Å²) in [7, 11) is 0. The maximum atomic E-state index is 12.7. The third-order valence-corrected chi connectivity index (χ3v) is 5.81. The second kappa shape index (κ2) is 7.99. The molecule has 1 amide bonds. The number of carbonyl (C=O) groups is 1. The van der Waals surface area contributed by atoms with Gasteiger partial charge in [-0.3, -0.25) is 4.79 Å². The number of amides is 1. The zero-order chi connectivity index (χ0) is 18.7. The molecule has 0 aliphatic carbocycles. The van der Waals surface area contributed by atoms with E-state index in [0.717, 1.165) is 31.7 Å². The van der Waals surface area contributed by atoms with E-state index in [2.05, 4.69) is 37.8 Å². The van der Waals surface area contributed by atoms with Crippen LogP contribution in [0.15, 0.2) is 24.3 Å². The molecule has 2 aliphatic heterocycles. The second-order valence-electron chi connectivity index (χ2n) is 8.83. The smallest absolute Gasteiger partial charge is 0.263 e. The molecule has 0 bridgehead atoms. The van der Waals surface area contributed by atoms with E-state index in [1.165, 1.54) is 31.5 Å². The summed E-state index contributed by atoms with van der Waals surface area (Å²) >= 11 is 0. The Hall–Kier alpha value is -1.55. The van der Waals surface area contributed by atoms with Gasteiger partial charge in [0.15, 0.2) is 6.10 Å². The zero-order valence-electron chi connectivity index (χ0n) is 16.8. The SMILES string of the molecule is CC(Oc1ccc(C(C)(C)C)cc1)C(=O)N1CCC(N2CCCC2)CC1. The Labute approximate surface area is 158 Å². The van der Waals surface area contributed by atoms with Crippen molar-refractivity contribution in [1.82, 2.24) is 9.80 Å². The van der Waals surface area contributed by atoms with Gasteiger partial charge < -0.3 is 14.5 Å². The van der Waals surface area contributed by atoms with Crippen LogP contribution in [0.3, 0.4) is 0 Å². The van der Waals surface area contributed by atoms with E-state index in [-0.39, 0.29) is 11.3 Å². The number of likely N-dealkylation sites (tertiary alicyclic amines) is 2. The van der Waals surface area contributed by atoms with Gasteiger partial charge >= 0.3 is 0 Å². The van der Waals surface area contributed by atoms with Crippen molar-refractivity contribution in [2.75, 3.05) is 26.2 Å². The topological polar surface area (TPSA) is 32.8 Å². The molecule has 0 saturated carbocycles. The summed E-state index contributed by atoms with van der Waals surface area (Å²) in [6.45, 7) is 12.6. The van der Waals surface area contributed by atoms with E-state index in [1.54, 1.807) is 0 Å². The molecule has 0 aromatic heterocycles. The third kappa shape index (κ3) is 4.59. The van der Waals surface area contributed by atoms with Gasteiger partial charge in [-0.15, -0.1) is 0 Å². The summed E-state index contributed by atoms with van der Waals surface area (Å²) in [6, 6.07) is 8.80. The Morgan fingerprint density at radius 3 is 2.15 bits per heavy atom. The van der Waals surface area contributed by atoms with Gasteiger partial charge in [-0.2, -0.15) is 0 Å². The number of nitrogens with zero attached hydrogens (tertiary/aromatic N) is 2. The number of hydrogen-bond acceptors (Lipinski definition) is 3. The highest BCUT2D eigenvalue weighted by Crippen LogP contribution is 2.25. The van der Waals surface area contributed by atoms with Gasteiger partial charge in [-0.1, -0.05) is 32.9 Å². The van der Waals surface area contributed by atoms with Gasteiger partial charge in [0, 0.05) is 19.1 Å². The molecule has 2 fully saturated rings. The molecule has 4 heteroatoms. The van der Waals surface area contributed by atoms with Crippen LogP contribution in [0, 0.1) is 0 Å². The standard InChI is InChI=1S/C22H34N2O2/c1-17(26-20-9-7-18(8-10-20)22(2,3)4)21(25)24-15-11-19(12-16-24)23-13-5-6-14-23/h7-10,17,19H,5-6,11-16H2,1-4H3. The van der Waals surface area contributed by atoms with Crippen LogP contribution in [0.1, 0.15) is 58.9 Å². The lowest BCUT2D eigenvalue weighted by Gasteiger charge is -2.37. The summed E-state index contributed by atoms with van der Waals surface area (Å²) in [5.74, 6) is 0.885.